The van der Waals surface area contributed by atoms with Gasteiger partial charge in [-0.3, -0.25) is 0 Å². The van der Waals surface area contributed by atoms with Crippen LogP contribution >= 0.6 is 11.6 Å². The van der Waals surface area contributed by atoms with Crippen LogP contribution in [0.5, 0.6) is 0 Å². The number of halogens is 1. The molecule has 0 amide bonds. The van der Waals surface area contributed by atoms with Crippen LogP contribution in [0.2, 0.25) is 5.02 Å². The zero-order valence-electron chi connectivity index (χ0n) is 13.9. The van der Waals surface area contributed by atoms with Crippen LogP contribution in [-0.4, -0.2) is 19.9 Å². The molecule has 0 aliphatic heterocycles. The summed E-state index contributed by atoms with van der Waals surface area (Å²) in [6.07, 6.45) is 3.23. The Morgan fingerprint density at radius 2 is 1.69 bits per heavy atom. The Hall–Kier alpha value is -3.25. The largest absolute Gasteiger partial charge is 0.338 e. The fourth-order valence-electron chi connectivity index (χ4n) is 2.51. The number of aromatic nitrogens is 4. The van der Waals surface area contributed by atoms with Crippen LogP contribution in [0.3, 0.4) is 0 Å². The third kappa shape index (κ3) is 3.41. The number of benzene rings is 2. The number of fused-ring (bicyclic) bond motifs is 1. The van der Waals surface area contributed by atoms with Crippen molar-refractivity contribution in [2.24, 2.45) is 0 Å². The summed E-state index contributed by atoms with van der Waals surface area (Å²) in [6.45, 7) is 1.99. The Bertz CT molecular complexity index is 1070. The van der Waals surface area contributed by atoms with Gasteiger partial charge in [0.15, 0.2) is 17.0 Å². The predicted molar refractivity (Wildman–Crippen MR) is 104 cm³/mol. The molecule has 2 aromatic carbocycles. The quantitative estimate of drug-likeness (QED) is 0.539. The van der Waals surface area contributed by atoms with Crippen molar-refractivity contribution in [3.05, 3.63) is 71.5 Å². The molecule has 128 valence electrons. The Kier molecular flexibility index (Phi) is 4.33. The third-order valence-corrected chi connectivity index (χ3v) is 4.05. The second kappa shape index (κ2) is 6.93. The van der Waals surface area contributed by atoms with Crippen molar-refractivity contribution in [1.29, 1.82) is 0 Å². The van der Waals surface area contributed by atoms with Gasteiger partial charge in [-0.2, -0.15) is 9.97 Å². The van der Waals surface area contributed by atoms with Gasteiger partial charge in [0.05, 0.1) is 0 Å². The highest BCUT2D eigenvalue weighted by Crippen LogP contribution is 2.26. The zero-order valence-corrected chi connectivity index (χ0v) is 14.7. The third-order valence-electron chi connectivity index (χ3n) is 3.82. The van der Waals surface area contributed by atoms with Gasteiger partial charge in [0.2, 0.25) is 5.95 Å². The number of hydrogen-bond donors (Lipinski definition) is 2. The number of nitrogens with zero attached hydrogens (tertiary/aromatic N) is 4. The maximum Gasteiger partial charge on any atom is 0.231 e. The monoisotopic (exact) mass is 362 g/mol. The molecule has 2 aromatic heterocycles. The van der Waals surface area contributed by atoms with Crippen LogP contribution in [0.4, 0.5) is 23.1 Å². The molecule has 0 radical (unpaired) electrons. The summed E-state index contributed by atoms with van der Waals surface area (Å²) in [5, 5.41) is 7.14. The molecule has 0 aliphatic carbocycles. The summed E-state index contributed by atoms with van der Waals surface area (Å²) >= 11 is 6.10. The summed E-state index contributed by atoms with van der Waals surface area (Å²) in [6, 6.07) is 15.4. The van der Waals surface area contributed by atoms with E-state index in [0.717, 1.165) is 16.9 Å². The van der Waals surface area contributed by atoms with Crippen molar-refractivity contribution >= 4 is 45.9 Å². The molecule has 0 saturated carbocycles. The van der Waals surface area contributed by atoms with E-state index in [-0.39, 0.29) is 0 Å². The van der Waals surface area contributed by atoms with Crippen LogP contribution in [0.25, 0.3) is 11.2 Å². The Morgan fingerprint density at radius 3 is 2.54 bits per heavy atom. The van der Waals surface area contributed by atoms with Gasteiger partial charge < -0.3 is 10.6 Å². The number of hydrogen-bond acceptors (Lipinski definition) is 6. The van der Waals surface area contributed by atoms with Gasteiger partial charge in [-0.1, -0.05) is 35.9 Å². The second-order valence-electron chi connectivity index (χ2n) is 5.70. The Morgan fingerprint density at radius 1 is 0.885 bits per heavy atom. The average Bonchev–Trinajstić information content (AvgIpc) is 2.66. The van der Waals surface area contributed by atoms with E-state index < -0.39 is 0 Å². The molecule has 7 heteroatoms. The van der Waals surface area contributed by atoms with E-state index in [0.29, 0.717) is 28.0 Å². The maximum atomic E-state index is 6.10. The molecular formula is C19H15ClN6. The van der Waals surface area contributed by atoms with Crippen LogP contribution in [0, 0.1) is 6.92 Å². The van der Waals surface area contributed by atoms with Crippen molar-refractivity contribution in [3.8, 4) is 0 Å². The fraction of sp³-hybridized carbons (Fsp3) is 0.0526. The topological polar surface area (TPSA) is 75.6 Å². The van der Waals surface area contributed by atoms with Crippen LogP contribution < -0.4 is 10.6 Å². The van der Waals surface area contributed by atoms with Crippen LogP contribution in [-0.2, 0) is 0 Å². The number of nitrogens with one attached hydrogen (secondary N) is 2. The average molecular weight is 363 g/mol. The van der Waals surface area contributed by atoms with E-state index in [1.54, 1.807) is 12.4 Å². The highest BCUT2D eigenvalue weighted by atomic mass is 35.5. The smallest absolute Gasteiger partial charge is 0.231 e. The van der Waals surface area contributed by atoms with E-state index in [1.165, 1.54) is 0 Å². The normalized spacial score (nSPS) is 10.7. The van der Waals surface area contributed by atoms with Gasteiger partial charge in [0.1, 0.15) is 0 Å². The number of anilines is 4. The first-order chi connectivity index (χ1) is 12.7. The SMILES string of the molecule is Cc1ccc(Cl)cc1Nc1nc(Nc2ccccc2)c2nccnc2n1. The molecule has 0 aliphatic rings. The lowest BCUT2D eigenvalue weighted by Crippen LogP contribution is -2.04. The summed E-state index contributed by atoms with van der Waals surface area (Å²) in [7, 11) is 0. The van der Waals surface area contributed by atoms with E-state index in [1.807, 2.05) is 55.5 Å². The molecule has 4 rings (SSSR count). The minimum Gasteiger partial charge on any atom is -0.338 e. The van der Waals surface area contributed by atoms with Crippen molar-refractivity contribution < 1.29 is 0 Å². The minimum absolute atomic E-state index is 0.418. The highest BCUT2D eigenvalue weighted by molar-refractivity contribution is 6.30. The van der Waals surface area contributed by atoms with E-state index >= 15 is 0 Å². The molecule has 0 saturated heterocycles. The lowest BCUT2D eigenvalue weighted by molar-refractivity contribution is 1.14. The predicted octanol–water partition coefficient (Wildman–Crippen LogP) is 4.87. The molecule has 26 heavy (non-hydrogen) atoms. The van der Waals surface area contributed by atoms with Crippen molar-refractivity contribution in [2.45, 2.75) is 6.92 Å². The van der Waals surface area contributed by atoms with Gasteiger partial charge in [-0.05, 0) is 36.8 Å². The van der Waals surface area contributed by atoms with Crippen molar-refractivity contribution in [3.63, 3.8) is 0 Å². The van der Waals surface area contributed by atoms with Crippen molar-refractivity contribution in [1.82, 2.24) is 19.9 Å². The molecule has 0 bridgehead atoms. The molecule has 2 heterocycles. The number of rotatable bonds is 4. The lowest BCUT2D eigenvalue weighted by atomic mass is 10.2. The highest BCUT2D eigenvalue weighted by Gasteiger charge is 2.11. The lowest BCUT2D eigenvalue weighted by Gasteiger charge is -2.12. The van der Waals surface area contributed by atoms with E-state index in [2.05, 4.69) is 30.6 Å². The van der Waals surface area contributed by atoms with Crippen LogP contribution in [0.1, 0.15) is 5.56 Å². The standard InChI is InChI=1S/C19H15ClN6/c1-12-7-8-13(20)11-15(12)24-19-25-17-16(21-9-10-22-17)18(26-19)23-14-5-3-2-4-6-14/h2-11H,1H3,(H2,22,23,24,25,26). The fourth-order valence-corrected chi connectivity index (χ4v) is 2.69. The molecular weight excluding hydrogens is 348 g/mol. The van der Waals surface area contributed by atoms with E-state index in [4.69, 9.17) is 11.6 Å². The first-order valence-electron chi connectivity index (χ1n) is 8.03. The molecule has 4 aromatic rings. The summed E-state index contributed by atoms with van der Waals surface area (Å²) < 4.78 is 0. The molecule has 0 fully saturated rings. The first kappa shape index (κ1) is 16.2. The summed E-state index contributed by atoms with van der Waals surface area (Å²) in [5.74, 6) is 0.998. The van der Waals surface area contributed by atoms with Crippen molar-refractivity contribution in [2.75, 3.05) is 10.6 Å². The molecule has 6 nitrogen and oxygen atoms in total. The summed E-state index contributed by atoms with van der Waals surface area (Å²) in [4.78, 5) is 17.7. The molecule has 0 atom stereocenters. The molecule has 2 N–H and O–H groups in total. The van der Waals surface area contributed by atoms with E-state index in [9.17, 15) is 0 Å². The first-order valence-corrected chi connectivity index (χ1v) is 8.41. The Balaban J connectivity index is 1.77. The van der Waals surface area contributed by atoms with Crippen LogP contribution in [0.15, 0.2) is 60.9 Å². The van der Waals surface area contributed by atoms with Gasteiger partial charge in [0.25, 0.3) is 0 Å². The van der Waals surface area contributed by atoms with Gasteiger partial charge in [0, 0.05) is 28.8 Å². The Labute approximate surface area is 155 Å². The molecule has 0 unspecified atom stereocenters. The number of para-hydroxylation sites is 1. The van der Waals surface area contributed by atoms with Gasteiger partial charge in [-0.25, -0.2) is 9.97 Å². The maximum absolute atomic E-state index is 6.10. The minimum atomic E-state index is 0.418. The second-order valence-corrected chi connectivity index (χ2v) is 6.14. The van der Waals surface area contributed by atoms with Gasteiger partial charge in [-0.15, -0.1) is 0 Å². The molecule has 0 spiro atoms. The number of aryl methyl sites for hydroxylation is 1. The summed E-state index contributed by atoms with van der Waals surface area (Å²) in [5.41, 5.74) is 3.89. The zero-order chi connectivity index (χ0) is 17.9. The van der Waals surface area contributed by atoms with Gasteiger partial charge >= 0.3 is 0 Å².